The molecule has 0 unspecified atom stereocenters. The molecule has 0 aliphatic heterocycles. The highest BCUT2D eigenvalue weighted by molar-refractivity contribution is 6.02. The lowest BCUT2D eigenvalue weighted by Gasteiger charge is -1.98. The van der Waals surface area contributed by atoms with Crippen LogP contribution in [0.2, 0.25) is 0 Å². The van der Waals surface area contributed by atoms with E-state index in [0.29, 0.717) is 16.7 Å². The molecule has 84 valence electrons. The molecule has 1 aromatic carbocycles. The van der Waals surface area contributed by atoms with Crippen LogP contribution in [-0.4, -0.2) is 28.0 Å². The third kappa shape index (κ3) is 1.44. The zero-order chi connectivity index (χ0) is 11.8. The smallest absolute Gasteiger partial charge is 0.341 e. The first-order valence-electron chi connectivity index (χ1n) is 5.12. The minimum absolute atomic E-state index is 0.403. The number of carbonyl (C=O) groups excluding carboxylic acids is 1. The Morgan fingerprint density at radius 2 is 1.94 bits per heavy atom. The molecule has 0 aliphatic rings. The molecule has 0 amide bonds. The van der Waals surface area contributed by atoms with Gasteiger partial charge in [0, 0.05) is 6.20 Å². The van der Waals surface area contributed by atoms with Crippen LogP contribution in [0.4, 0.5) is 0 Å². The van der Waals surface area contributed by atoms with Crippen molar-refractivity contribution < 1.29 is 9.53 Å². The van der Waals surface area contributed by atoms with Gasteiger partial charge in [-0.25, -0.2) is 14.8 Å². The lowest BCUT2D eigenvalue weighted by Crippen LogP contribution is -2.00. The zero-order valence-electron chi connectivity index (χ0n) is 9.10. The number of methoxy groups -OCH3 is 1. The van der Waals surface area contributed by atoms with Crippen molar-refractivity contribution in [1.29, 1.82) is 0 Å². The van der Waals surface area contributed by atoms with Crippen LogP contribution in [0, 0.1) is 0 Å². The zero-order valence-corrected chi connectivity index (χ0v) is 9.10. The van der Waals surface area contributed by atoms with Gasteiger partial charge < -0.3 is 9.72 Å². The Kier molecular flexibility index (Phi) is 2.04. The summed E-state index contributed by atoms with van der Waals surface area (Å²) < 4.78 is 4.69. The molecule has 3 aromatic rings. The van der Waals surface area contributed by atoms with Gasteiger partial charge in [0.05, 0.1) is 18.1 Å². The monoisotopic (exact) mass is 227 g/mol. The van der Waals surface area contributed by atoms with E-state index in [-0.39, 0.29) is 0 Å². The van der Waals surface area contributed by atoms with E-state index in [0.717, 1.165) is 11.0 Å². The predicted octanol–water partition coefficient (Wildman–Crippen LogP) is 1.90. The summed E-state index contributed by atoms with van der Waals surface area (Å²) in [6, 6.07) is 7.51. The Labute approximate surface area is 96.4 Å². The van der Waals surface area contributed by atoms with Gasteiger partial charge in [-0.2, -0.15) is 0 Å². The van der Waals surface area contributed by atoms with Crippen molar-refractivity contribution in [2.24, 2.45) is 0 Å². The highest BCUT2D eigenvalue weighted by atomic mass is 16.5. The van der Waals surface area contributed by atoms with Crippen LogP contribution in [0.3, 0.4) is 0 Å². The maximum atomic E-state index is 11.5. The van der Waals surface area contributed by atoms with E-state index in [1.807, 2.05) is 24.3 Å². The van der Waals surface area contributed by atoms with Crippen molar-refractivity contribution in [3.8, 4) is 0 Å². The molecule has 3 rings (SSSR count). The number of nitrogens with zero attached hydrogens (tertiary/aromatic N) is 2. The number of aromatic nitrogens is 3. The van der Waals surface area contributed by atoms with Gasteiger partial charge in [0.15, 0.2) is 5.65 Å². The Balaban J connectivity index is 2.35. The van der Waals surface area contributed by atoms with Gasteiger partial charge in [0.2, 0.25) is 0 Å². The van der Waals surface area contributed by atoms with Crippen LogP contribution < -0.4 is 0 Å². The quantitative estimate of drug-likeness (QED) is 0.644. The normalized spacial score (nSPS) is 10.9. The molecule has 2 heterocycles. The van der Waals surface area contributed by atoms with Crippen LogP contribution in [0.25, 0.3) is 22.2 Å². The van der Waals surface area contributed by atoms with Gasteiger partial charge in [-0.05, 0) is 12.1 Å². The first-order valence-corrected chi connectivity index (χ1v) is 5.12. The average molecular weight is 227 g/mol. The number of para-hydroxylation sites is 2. The summed E-state index contributed by atoms with van der Waals surface area (Å²) in [5.41, 5.74) is 3.07. The minimum Gasteiger partial charge on any atom is -0.465 e. The van der Waals surface area contributed by atoms with Crippen LogP contribution in [-0.2, 0) is 4.74 Å². The number of hydrogen-bond acceptors (Lipinski definition) is 4. The summed E-state index contributed by atoms with van der Waals surface area (Å²) in [6.07, 6.45) is 1.56. The SMILES string of the molecule is COC(=O)c1c[nH]c2nc3ccccc3nc12. The highest BCUT2D eigenvalue weighted by Crippen LogP contribution is 2.18. The van der Waals surface area contributed by atoms with Gasteiger partial charge >= 0.3 is 5.97 Å². The van der Waals surface area contributed by atoms with Crippen LogP contribution in [0.1, 0.15) is 10.4 Å². The van der Waals surface area contributed by atoms with Gasteiger partial charge in [-0.15, -0.1) is 0 Å². The predicted molar refractivity (Wildman–Crippen MR) is 62.7 cm³/mol. The second-order valence-electron chi connectivity index (χ2n) is 3.60. The van der Waals surface area contributed by atoms with Crippen molar-refractivity contribution in [3.63, 3.8) is 0 Å². The van der Waals surface area contributed by atoms with Crippen molar-refractivity contribution >= 4 is 28.2 Å². The fraction of sp³-hybridized carbons (Fsp3) is 0.0833. The number of hydrogen-bond donors (Lipinski definition) is 1. The number of fused-ring (bicyclic) bond motifs is 2. The third-order valence-electron chi connectivity index (χ3n) is 2.58. The Morgan fingerprint density at radius 1 is 1.24 bits per heavy atom. The number of benzene rings is 1. The maximum Gasteiger partial charge on any atom is 0.341 e. The van der Waals surface area contributed by atoms with Crippen molar-refractivity contribution in [2.45, 2.75) is 0 Å². The lowest BCUT2D eigenvalue weighted by atomic mass is 10.2. The lowest BCUT2D eigenvalue weighted by molar-refractivity contribution is 0.0603. The number of nitrogens with one attached hydrogen (secondary N) is 1. The van der Waals surface area contributed by atoms with Gasteiger partial charge in [-0.1, -0.05) is 12.1 Å². The summed E-state index contributed by atoms with van der Waals surface area (Å²) in [4.78, 5) is 23.2. The largest absolute Gasteiger partial charge is 0.465 e. The van der Waals surface area contributed by atoms with Crippen molar-refractivity contribution in [2.75, 3.05) is 7.11 Å². The number of ether oxygens (including phenoxy) is 1. The molecule has 2 aromatic heterocycles. The van der Waals surface area contributed by atoms with Crippen LogP contribution >= 0.6 is 0 Å². The molecule has 5 heteroatoms. The van der Waals surface area contributed by atoms with E-state index in [1.165, 1.54) is 7.11 Å². The van der Waals surface area contributed by atoms with Crippen LogP contribution in [0.5, 0.6) is 0 Å². The van der Waals surface area contributed by atoms with Crippen molar-refractivity contribution in [3.05, 3.63) is 36.0 Å². The first kappa shape index (κ1) is 9.77. The second-order valence-corrected chi connectivity index (χ2v) is 3.60. The molecule has 17 heavy (non-hydrogen) atoms. The molecular weight excluding hydrogens is 218 g/mol. The fourth-order valence-corrected chi connectivity index (χ4v) is 1.76. The molecule has 0 aliphatic carbocycles. The molecule has 0 saturated carbocycles. The summed E-state index contributed by atoms with van der Waals surface area (Å²) in [7, 11) is 1.34. The first-order chi connectivity index (χ1) is 8.29. The molecule has 0 atom stereocenters. The highest BCUT2D eigenvalue weighted by Gasteiger charge is 2.14. The van der Waals surface area contributed by atoms with E-state index in [4.69, 9.17) is 0 Å². The van der Waals surface area contributed by atoms with E-state index in [2.05, 4.69) is 19.7 Å². The van der Waals surface area contributed by atoms with E-state index >= 15 is 0 Å². The Hall–Kier alpha value is -2.43. The number of carbonyl (C=O) groups is 1. The van der Waals surface area contributed by atoms with Gasteiger partial charge in [0.25, 0.3) is 0 Å². The molecule has 1 N–H and O–H groups in total. The summed E-state index contributed by atoms with van der Waals surface area (Å²) in [5.74, 6) is -0.416. The summed E-state index contributed by atoms with van der Waals surface area (Å²) in [5, 5.41) is 0. The molecule has 0 radical (unpaired) electrons. The molecule has 0 spiro atoms. The molecule has 5 nitrogen and oxygen atoms in total. The van der Waals surface area contributed by atoms with Crippen LogP contribution in [0.15, 0.2) is 30.5 Å². The Morgan fingerprint density at radius 3 is 2.65 bits per heavy atom. The summed E-state index contributed by atoms with van der Waals surface area (Å²) in [6.45, 7) is 0. The molecule has 0 saturated heterocycles. The average Bonchev–Trinajstić information content (AvgIpc) is 2.78. The van der Waals surface area contributed by atoms with Gasteiger partial charge in [0.1, 0.15) is 11.1 Å². The third-order valence-corrected chi connectivity index (χ3v) is 2.58. The number of H-pyrrole nitrogens is 1. The topological polar surface area (TPSA) is 67.9 Å². The van der Waals surface area contributed by atoms with Gasteiger partial charge in [-0.3, -0.25) is 0 Å². The number of aromatic amines is 1. The number of rotatable bonds is 1. The van der Waals surface area contributed by atoms with Crippen molar-refractivity contribution in [1.82, 2.24) is 15.0 Å². The number of esters is 1. The fourth-order valence-electron chi connectivity index (χ4n) is 1.76. The van der Waals surface area contributed by atoms with E-state index in [9.17, 15) is 4.79 Å². The maximum absolute atomic E-state index is 11.5. The molecule has 0 bridgehead atoms. The molecule has 0 fully saturated rings. The molecular formula is C12H9N3O2. The Bertz CT molecular complexity index is 718. The van der Waals surface area contributed by atoms with E-state index < -0.39 is 5.97 Å². The summed E-state index contributed by atoms with van der Waals surface area (Å²) >= 11 is 0. The minimum atomic E-state index is -0.416. The second kappa shape index (κ2) is 3.55. The standard InChI is InChI=1S/C12H9N3O2/c1-17-12(16)7-6-13-11-10(7)14-8-4-2-3-5-9(8)15-11/h2-6H,1H3,(H,13,15). The van der Waals surface area contributed by atoms with E-state index in [1.54, 1.807) is 6.20 Å².